The normalized spacial score (nSPS) is 15.3. The van der Waals surface area contributed by atoms with E-state index in [1.165, 1.54) is 4.90 Å². The largest absolute Gasteiger partial charge is 0.350 e. The summed E-state index contributed by atoms with van der Waals surface area (Å²) < 4.78 is 0. The van der Waals surface area contributed by atoms with Crippen LogP contribution in [0.2, 0.25) is 0 Å². The maximum Gasteiger partial charge on any atom is 0.293 e. The molecule has 1 aliphatic rings. The van der Waals surface area contributed by atoms with E-state index in [2.05, 4.69) is 5.32 Å². The summed E-state index contributed by atoms with van der Waals surface area (Å²) in [6, 6.07) is 16.8. The number of rotatable bonds is 7. The summed E-state index contributed by atoms with van der Waals surface area (Å²) in [7, 11) is 0. The van der Waals surface area contributed by atoms with Gasteiger partial charge < -0.3 is 5.32 Å². The Balaban J connectivity index is 1.59. The van der Waals surface area contributed by atoms with Crippen LogP contribution in [0.1, 0.15) is 22.8 Å². The van der Waals surface area contributed by atoms with E-state index >= 15 is 0 Å². The average Bonchev–Trinajstić information content (AvgIpc) is 2.96. The van der Waals surface area contributed by atoms with Gasteiger partial charge in [-0.3, -0.25) is 19.3 Å². The zero-order valence-corrected chi connectivity index (χ0v) is 17.0. The second kappa shape index (κ2) is 9.61. The molecule has 5 nitrogen and oxygen atoms in total. The molecule has 2 aromatic rings. The molecule has 3 rings (SSSR count). The van der Waals surface area contributed by atoms with E-state index in [0.717, 1.165) is 28.0 Å². The molecule has 0 atom stereocenters. The summed E-state index contributed by atoms with van der Waals surface area (Å²) >= 11 is 2.52. The summed E-state index contributed by atoms with van der Waals surface area (Å²) in [5.74, 6) is 0.341. The third kappa shape index (κ3) is 4.85. The summed E-state index contributed by atoms with van der Waals surface area (Å²) in [5, 5.41) is 2.49. The highest BCUT2D eigenvalue weighted by atomic mass is 32.2. The molecule has 28 heavy (non-hydrogen) atoms. The van der Waals surface area contributed by atoms with Crippen molar-refractivity contribution >= 4 is 46.7 Å². The highest BCUT2D eigenvalue weighted by Crippen LogP contribution is 2.31. The van der Waals surface area contributed by atoms with Crippen LogP contribution in [-0.4, -0.2) is 40.8 Å². The van der Waals surface area contributed by atoms with Gasteiger partial charge in [0.1, 0.15) is 0 Å². The number of hydrogen-bond acceptors (Lipinski definition) is 5. The molecule has 0 aromatic heterocycles. The molecule has 0 saturated carbocycles. The monoisotopic (exact) mass is 412 g/mol. The zero-order valence-electron chi connectivity index (χ0n) is 15.4. The lowest BCUT2D eigenvalue weighted by Gasteiger charge is -2.14. The van der Waals surface area contributed by atoms with Crippen LogP contribution in [0.3, 0.4) is 0 Å². The van der Waals surface area contributed by atoms with E-state index in [9.17, 15) is 14.4 Å². The van der Waals surface area contributed by atoms with Crippen molar-refractivity contribution in [3.63, 3.8) is 0 Å². The van der Waals surface area contributed by atoms with Crippen molar-refractivity contribution < 1.29 is 14.4 Å². The standard InChI is InChI=1S/C21H20N2O3S2/c1-2-27-17-11-7-6-10-16(17)19(24)22-12-13-23-20(25)18(28-21(23)26)14-15-8-4-3-5-9-15/h3-11,14H,2,12-13H2,1H3,(H,22,24). The van der Waals surface area contributed by atoms with Crippen molar-refractivity contribution in [3.05, 3.63) is 70.6 Å². The topological polar surface area (TPSA) is 66.5 Å². The molecule has 7 heteroatoms. The molecule has 1 aliphatic heterocycles. The molecule has 1 fully saturated rings. The minimum Gasteiger partial charge on any atom is -0.350 e. The summed E-state index contributed by atoms with van der Waals surface area (Å²) in [6.07, 6.45) is 1.71. The molecule has 0 radical (unpaired) electrons. The quantitative estimate of drug-likeness (QED) is 0.544. The van der Waals surface area contributed by atoms with Crippen LogP contribution in [0.25, 0.3) is 6.08 Å². The number of benzene rings is 2. The first kappa shape index (κ1) is 20.2. The van der Waals surface area contributed by atoms with Crippen LogP contribution in [0.5, 0.6) is 0 Å². The van der Waals surface area contributed by atoms with E-state index in [1.807, 2.05) is 55.5 Å². The smallest absolute Gasteiger partial charge is 0.293 e. The van der Waals surface area contributed by atoms with E-state index < -0.39 is 0 Å². The molecule has 144 valence electrons. The molecule has 0 aliphatic carbocycles. The predicted molar refractivity (Wildman–Crippen MR) is 114 cm³/mol. The Kier molecular flexibility index (Phi) is 6.95. The van der Waals surface area contributed by atoms with Crippen LogP contribution in [-0.2, 0) is 4.79 Å². The highest BCUT2D eigenvalue weighted by molar-refractivity contribution is 8.18. The molecule has 2 aromatic carbocycles. The minimum absolute atomic E-state index is 0.144. The lowest BCUT2D eigenvalue weighted by Crippen LogP contribution is -2.37. The maximum atomic E-state index is 12.5. The predicted octanol–water partition coefficient (Wildman–Crippen LogP) is 4.26. The van der Waals surface area contributed by atoms with Crippen molar-refractivity contribution in [1.82, 2.24) is 10.2 Å². The molecule has 1 N–H and O–H groups in total. The first-order chi connectivity index (χ1) is 13.6. The third-order valence-corrected chi connectivity index (χ3v) is 5.89. The van der Waals surface area contributed by atoms with Gasteiger partial charge in [-0.05, 0) is 41.3 Å². The summed E-state index contributed by atoms with van der Waals surface area (Å²) in [5.41, 5.74) is 1.47. The fourth-order valence-corrected chi connectivity index (χ4v) is 4.37. The molecule has 0 unspecified atom stereocenters. The van der Waals surface area contributed by atoms with Crippen LogP contribution in [0.15, 0.2) is 64.4 Å². The van der Waals surface area contributed by atoms with Crippen LogP contribution < -0.4 is 5.32 Å². The molecule has 3 amide bonds. The van der Waals surface area contributed by atoms with Gasteiger partial charge in [0.2, 0.25) is 0 Å². The minimum atomic E-state index is -0.324. The number of imide groups is 1. The number of thioether (sulfide) groups is 2. The lowest BCUT2D eigenvalue weighted by molar-refractivity contribution is -0.122. The zero-order chi connectivity index (χ0) is 19.9. The Morgan fingerprint density at radius 2 is 1.82 bits per heavy atom. The molecule has 1 heterocycles. The van der Waals surface area contributed by atoms with Crippen LogP contribution >= 0.6 is 23.5 Å². The van der Waals surface area contributed by atoms with Crippen LogP contribution in [0, 0.1) is 0 Å². The van der Waals surface area contributed by atoms with Gasteiger partial charge in [0, 0.05) is 18.0 Å². The van der Waals surface area contributed by atoms with Crippen molar-refractivity contribution in [2.24, 2.45) is 0 Å². The SMILES string of the molecule is CCSc1ccccc1C(=O)NCCN1C(=O)SC(=Cc2ccccc2)C1=O. The molecular weight excluding hydrogens is 392 g/mol. The Morgan fingerprint density at radius 1 is 1.11 bits per heavy atom. The second-order valence-corrected chi connectivity index (χ2v) is 8.23. The number of nitrogens with one attached hydrogen (secondary N) is 1. The lowest BCUT2D eigenvalue weighted by atomic mass is 10.2. The second-order valence-electron chi connectivity index (χ2n) is 5.93. The number of nitrogens with zero attached hydrogens (tertiary/aromatic N) is 1. The molecular formula is C21H20N2O3S2. The summed E-state index contributed by atoms with van der Waals surface area (Å²) in [6.45, 7) is 2.38. The third-order valence-electron chi connectivity index (χ3n) is 4.02. The fraction of sp³-hybridized carbons (Fsp3) is 0.190. The first-order valence-corrected chi connectivity index (χ1v) is 10.7. The van der Waals surface area contributed by atoms with Gasteiger partial charge in [0.15, 0.2) is 0 Å². The molecule has 0 bridgehead atoms. The number of carbonyl (C=O) groups excluding carboxylic acids is 3. The Morgan fingerprint density at radius 3 is 2.57 bits per heavy atom. The highest BCUT2D eigenvalue weighted by Gasteiger charge is 2.34. The van der Waals surface area contributed by atoms with Gasteiger partial charge in [0.25, 0.3) is 17.1 Å². The molecule has 1 saturated heterocycles. The molecule has 0 spiro atoms. The van der Waals surface area contributed by atoms with Gasteiger partial charge in [-0.25, -0.2) is 0 Å². The van der Waals surface area contributed by atoms with Crippen molar-refractivity contribution in [1.29, 1.82) is 0 Å². The van der Waals surface area contributed by atoms with E-state index in [-0.39, 0.29) is 30.1 Å². The number of hydrogen-bond donors (Lipinski definition) is 1. The van der Waals surface area contributed by atoms with Gasteiger partial charge in [-0.1, -0.05) is 49.4 Å². The maximum absolute atomic E-state index is 12.5. The summed E-state index contributed by atoms with van der Waals surface area (Å²) in [4.78, 5) is 39.6. The van der Waals surface area contributed by atoms with E-state index in [0.29, 0.717) is 10.5 Å². The fourth-order valence-electron chi connectivity index (χ4n) is 2.71. The van der Waals surface area contributed by atoms with Crippen molar-refractivity contribution in [2.75, 3.05) is 18.8 Å². The number of carbonyl (C=O) groups is 3. The number of amides is 3. The average molecular weight is 413 g/mol. The van der Waals surface area contributed by atoms with Gasteiger partial charge in [-0.15, -0.1) is 11.8 Å². The first-order valence-electron chi connectivity index (χ1n) is 8.90. The van der Waals surface area contributed by atoms with Gasteiger partial charge in [0.05, 0.1) is 10.5 Å². The van der Waals surface area contributed by atoms with Gasteiger partial charge in [-0.2, -0.15) is 0 Å². The van der Waals surface area contributed by atoms with Crippen LogP contribution in [0.4, 0.5) is 4.79 Å². The Labute approximate surface area is 172 Å². The Bertz CT molecular complexity index is 913. The van der Waals surface area contributed by atoms with Crippen molar-refractivity contribution in [2.45, 2.75) is 11.8 Å². The van der Waals surface area contributed by atoms with Crippen molar-refractivity contribution in [3.8, 4) is 0 Å². The Hall–Kier alpha value is -2.51. The van der Waals surface area contributed by atoms with E-state index in [1.54, 1.807) is 23.9 Å². The van der Waals surface area contributed by atoms with E-state index in [4.69, 9.17) is 0 Å². The van der Waals surface area contributed by atoms with Gasteiger partial charge >= 0.3 is 0 Å².